The third-order valence-electron chi connectivity index (χ3n) is 12.2. The van der Waals surface area contributed by atoms with Crippen LogP contribution in [0.4, 0.5) is 0 Å². The van der Waals surface area contributed by atoms with Crippen molar-refractivity contribution in [1.29, 1.82) is 0 Å². The van der Waals surface area contributed by atoms with Crippen molar-refractivity contribution >= 4 is 66.4 Å². The predicted molar refractivity (Wildman–Crippen MR) is 226 cm³/mol. The van der Waals surface area contributed by atoms with Gasteiger partial charge in [0.05, 0.1) is 22.1 Å². The van der Waals surface area contributed by atoms with Crippen LogP contribution in [0.3, 0.4) is 0 Å². The second kappa shape index (κ2) is 10.8. The van der Waals surface area contributed by atoms with Gasteiger partial charge in [-0.25, -0.2) is 0 Å². The molecule has 252 valence electrons. The Kier molecular flexibility index (Phi) is 6.00. The zero-order valence-electron chi connectivity index (χ0n) is 29.3. The lowest BCUT2D eigenvalue weighted by molar-refractivity contribution is 0.590. The van der Waals surface area contributed by atoms with E-state index in [4.69, 9.17) is 0 Å². The van der Waals surface area contributed by atoms with Crippen LogP contribution in [0, 0.1) is 0 Å². The van der Waals surface area contributed by atoms with E-state index < -0.39 is 12.6 Å². The fourth-order valence-electron chi connectivity index (χ4n) is 10.0. The van der Waals surface area contributed by atoms with Crippen LogP contribution in [0.2, 0.25) is 0 Å². The lowest BCUT2D eigenvalue weighted by Gasteiger charge is -2.47. The normalized spacial score (nSPS) is 18.2. The van der Waals surface area contributed by atoms with Crippen molar-refractivity contribution in [2.24, 2.45) is 0 Å². The SMILES string of the molecule is O=P1(c2ccccc2)c2ccccc2C2(c3ccccc3-n3c4ccccc4c4cccc2c43)c2cc(-c3ccc4ccc5ccccc5c4c3)ccc21. The van der Waals surface area contributed by atoms with Gasteiger partial charge < -0.3 is 9.13 Å². The van der Waals surface area contributed by atoms with E-state index in [1.54, 1.807) is 0 Å². The predicted octanol–water partition coefficient (Wildman–Crippen LogP) is 11.4. The second-order valence-corrected chi connectivity index (χ2v) is 17.4. The molecule has 0 radical (unpaired) electrons. The lowest BCUT2D eigenvalue weighted by Crippen LogP contribution is -2.48. The van der Waals surface area contributed by atoms with Gasteiger partial charge in [-0.3, -0.25) is 0 Å². The highest BCUT2D eigenvalue weighted by molar-refractivity contribution is 7.85. The van der Waals surface area contributed by atoms with Gasteiger partial charge in [-0.05, 0) is 85.3 Å². The molecule has 1 aromatic heterocycles. The van der Waals surface area contributed by atoms with Gasteiger partial charge in [-0.1, -0.05) is 164 Å². The Hall–Kier alpha value is -6.47. The Morgan fingerprint density at radius 2 is 1.02 bits per heavy atom. The Morgan fingerprint density at radius 3 is 1.91 bits per heavy atom. The number of hydrogen-bond acceptors (Lipinski definition) is 1. The van der Waals surface area contributed by atoms with Gasteiger partial charge in [-0.2, -0.15) is 0 Å². The second-order valence-electron chi connectivity index (χ2n) is 14.7. The molecule has 54 heavy (non-hydrogen) atoms. The molecule has 0 N–H and O–H groups in total. The van der Waals surface area contributed by atoms with E-state index in [9.17, 15) is 0 Å². The molecule has 2 aliphatic heterocycles. The Bertz CT molecular complexity index is 3270. The molecule has 10 aromatic rings. The average Bonchev–Trinajstić information content (AvgIpc) is 3.59. The molecule has 3 heterocycles. The van der Waals surface area contributed by atoms with Gasteiger partial charge in [0, 0.05) is 26.7 Å². The van der Waals surface area contributed by atoms with Gasteiger partial charge in [0.25, 0.3) is 0 Å². The summed E-state index contributed by atoms with van der Waals surface area (Å²) in [4.78, 5) is 0. The maximum absolute atomic E-state index is 16.4. The average molecular weight is 706 g/mol. The molecule has 2 aliphatic rings. The molecule has 2 nitrogen and oxygen atoms in total. The number of rotatable bonds is 2. The van der Waals surface area contributed by atoms with Crippen LogP contribution in [-0.2, 0) is 9.98 Å². The minimum absolute atomic E-state index is 0.741. The van der Waals surface area contributed by atoms with E-state index in [1.165, 1.54) is 54.5 Å². The molecule has 0 aliphatic carbocycles. The fourth-order valence-corrected chi connectivity index (χ4v) is 13.2. The van der Waals surface area contributed by atoms with Crippen molar-refractivity contribution in [2.45, 2.75) is 5.41 Å². The van der Waals surface area contributed by atoms with E-state index in [-0.39, 0.29) is 0 Å². The minimum atomic E-state index is -3.33. The molecule has 0 fully saturated rings. The molecule has 2 atom stereocenters. The quantitative estimate of drug-likeness (QED) is 0.130. The zero-order valence-corrected chi connectivity index (χ0v) is 30.2. The first kappa shape index (κ1) is 30.0. The highest BCUT2D eigenvalue weighted by Crippen LogP contribution is 2.61. The van der Waals surface area contributed by atoms with Crippen molar-refractivity contribution in [3.8, 4) is 16.8 Å². The van der Waals surface area contributed by atoms with Crippen LogP contribution < -0.4 is 15.9 Å². The third-order valence-corrected chi connectivity index (χ3v) is 15.4. The first-order chi connectivity index (χ1) is 26.7. The summed E-state index contributed by atoms with van der Waals surface area (Å²) in [5.41, 5.74) is 9.64. The highest BCUT2D eigenvalue weighted by atomic mass is 31.2. The van der Waals surface area contributed by atoms with Crippen LogP contribution in [-0.4, -0.2) is 4.57 Å². The van der Waals surface area contributed by atoms with Crippen molar-refractivity contribution in [3.05, 3.63) is 216 Å². The highest BCUT2D eigenvalue weighted by Gasteiger charge is 2.54. The summed E-state index contributed by atoms with van der Waals surface area (Å²) in [6, 6.07) is 69.8. The number of nitrogens with zero attached hydrogens (tertiary/aromatic N) is 1. The summed E-state index contributed by atoms with van der Waals surface area (Å²) < 4.78 is 18.9. The molecule has 0 amide bonds. The summed E-state index contributed by atoms with van der Waals surface area (Å²) in [6.07, 6.45) is 0. The van der Waals surface area contributed by atoms with Gasteiger partial charge >= 0.3 is 0 Å². The first-order valence-electron chi connectivity index (χ1n) is 18.6. The third kappa shape index (κ3) is 3.68. The number of fused-ring (bicyclic) bond motifs is 14. The smallest absolute Gasteiger partial charge is 0.171 e. The molecule has 0 saturated carbocycles. The zero-order chi connectivity index (χ0) is 35.6. The molecule has 0 saturated heterocycles. The van der Waals surface area contributed by atoms with E-state index in [0.29, 0.717) is 0 Å². The van der Waals surface area contributed by atoms with Crippen molar-refractivity contribution in [1.82, 2.24) is 4.57 Å². The number of aromatic nitrogens is 1. The van der Waals surface area contributed by atoms with Crippen molar-refractivity contribution in [3.63, 3.8) is 0 Å². The Labute approximate surface area is 313 Å². The molecule has 1 spiro atoms. The largest absolute Gasteiger partial charge is 0.309 e. The maximum Gasteiger partial charge on any atom is 0.171 e. The maximum atomic E-state index is 16.4. The van der Waals surface area contributed by atoms with Crippen LogP contribution >= 0.6 is 7.14 Å². The molecular weight excluding hydrogens is 674 g/mol. The molecule has 12 rings (SSSR count). The first-order valence-corrected chi connectivity index (χ1v) is 20.3. The van der Waals surface area contributed by atoms with Crippen molar-refractivity contribution < 1.29 is 4.57 Å². The van der Waals surface area contributed by atoms with E-state index in [0.717, 1.165) is 43.9 Å². The monoisotopic (exact) mass is 705 g/mol. The lowest BCUT2D eigenvalue weighted by atomic mass is 9.62. The van der Waals surface area contributed by atoms with Crippen LogP contribution in [0.5, 0.6) is 0 Å². The standard InChI is InChI=1S/C51H32NOP/c53-54(37-14-2-1-3-15-37)48-24-11-8-20-43(48)51(42-19-7-10-23-47(42)52-46-22-9-6-17-39(46)40-18-12-21-44(51)50(40)52)45-32-36(29-30-49(45)54)35-28-27-34-26-25-33-13-4-5-16-38(33)41(34)31-35/h1-32H. The molecule has 3 heteroatoms. The molecular formula is C51H32NOP. The summed E-state index contributed by atoms with van der Waals surface area (Å²) >= 11 is 0. The van der Waals surface area contributed by atoms with E-state index in [2.05, 4.69) is 180 Å². The van der Waals surface area contributed by atoms with Crippen molar-refractivity contribution in [2.75, 3.05) is 0 Å². The van der Waals surface area contributed by atoms with Crippen LogP contribution in [0.25, 0.3) is 60.2 Å². The number of benzene rings is 9. The van der Waals surface area contributed by atoms with Crippen LogP contribution in [0.1, 0.15) is 22.3 Å². The Morgan fingerprint density at radius 1 is 0.407 bits per heavy atom. The Balaban J connectivity index is 1.26. The summed E-state index contributed by atoms with van der Waals surface area (Å²) in [5, 5.41) is 10.1. The number of hydrogen-bond donors (Lipinski definition) is 0. The summed E-state index contributed by atoms with van der Waals surface area (Å²) in [6.45, 7) is 0. The van der Waals surface area contributed by atoms with Gasteiger partial charge in [0.15, 0.2) is 7.14 Å². The van der Waals surface area contributed by atoms with Gasteiger partial charge in [0.1, 0.15) is 0 Å². The van der Waals surface area contributed by atoms with Crippen LogP contribution in [0.15, 0.2) is 194 Å². The van der Waals surface area contributed by atoms with Gasteiger partial charge in [0.2, 0.25) is 0 Å². The topological polar surface area (TPSA) is 22.0 Å². The minimum Gasteiger partial charge on any atom is -0.309 e. The van der Waals surface area contributed by atoms with Gasteiger partial charge in [-0.15, -0.1) is 0 Å². The molecule has 9 aromatic carbocycles. The molecule has 2 unspecified atom stereocenters. The summed E-state index contributed by atoms with van der Waals surface area (Å²) in [7, 11) is -3.33. The number of para-hydroxylation sites is 3. The van der Waals surface area contributed by atoms with E-state index >= 15 is 4.57 Å². The van der Waals surface area contributed by atoms with E-state index in [1.807, 2.05) is 18.2 Å². The fraction of sp³-hybridized carbons (Fsp3) is 0.0196. The summed E-state index contributed by atoms with van der Waals surface area (Å²) in [5.74, 6) is 0. The molecule has 0 bridgehead atoms.